The molecule has 0 unspecified atom stereocenters. The van der Waals surface area contributed by atoms with E-state index in [1.54, 1.807) is 0 Å². The number of halogens is 4. The molecule has 1 aromatic rings. The van der Waals surface area contributed by atoms with Crippen molar-refractivity contribution in [2.75, 3.05) is 7.11 Å². The molecule has 14 heavy (non-hydrogen) atoms. The number of aromatic nitrogens is 1. The van der Waals surface area contributed by atoms with Gasteiger partial charge in [0.25, 0.3) is 0 Å². The van der Waals surface area contributed by atoms with Crippen molar-refractivity contribution in [3.63, 3.8) is 0 Å². The Morgan fingerprint density at radius 2 is 2.07 bits per heavy atom. The highest BCUT2D eigenvalue weighted by Gasteiger charge is 2.32. The lowest BCUT2D eigenvalue weighted by molar-refractivity contribution is -0.274. The molecule has 0 aliphatic carbocycles. The van der Waals surface area contributed by atoms with Gasteiger partial charge < -0.3 is 9.47 Å². The Bertz CT molecular complexity index is 329. The van der Waals surface area contributed by atoms with Gasteiger partial charge in [-0.1, -0.05) is 11.6 Å². The van der Waals surface area contributed by atoms with Gasteiger partial charge in [0.2, 0.25) is 0 Å². The van der Waals surface area contributed by atoms with Crippen molar-refractivity contribution >= 4 is 11.6 Å². The molecule has 0 N–H and O–H groups in total. The van der Waals surface area contributed by atoms with Gasteiger partial charge >= 0.3 is 6.36 Å². The topological polar surface area (TPSA) is 31.4 Å². The van der Waals surface area contributed by atoms with Gasteiger partial charge in [-0.15, -0.1) is 13.2 Å². The Balaban J connectivity index is 2.95. The maximum Gasteiger partial charge on any atom is 0.573 e. The van der Waals surface area contributed by atoms with Crippen molar-refractivity contribution in [3.05, 3.63) is 17.4 Å². The number of hydrogen-bond donors (Lipinski definition) is 0. The van der Waals surface area contributed by atoms with Crippen LogP contribution in [0.2, 0.25) is 5.15 Å². The zero-order chi connectivity index (χ0) is 10.8. The number of pyridine rings is 1. The summed E-state index contributed by atoms with van der Waals surface area (Å²) in [6.45, 7) is 0. The molecule has 0 atom stereocenters. The predicted octanol–water partition coefficient (Wildman–Crippen LogP) is 2.64. The molecule has 1 rings (SSSR count). The number of nitrogens with zero attached hydrogens (tertiary/aromatic N) is 1. The van der Waals surface area contributed by atoms with Gasteiger partial charge in [-0.05, 0) is 0 Å². The molecule has 3 nitrogen and oxygen atoms in total. The van der Waals surface area contributed by atoms with Crippen LogP contribution < -0.4 is 9.47 Å². The summed E-state index contributed by atoms with van der Waals surface area (Å²) in [5.74, 6) is -0.452. The number of hydrogen-bond acceptors (Lipinski definition) is 3. The van der Waals surface area contributed by atoms with Crippen LogP contribution in [-0.2, 0) is 0 Å². The van der Waals surface area contributed by atoms with Gasteiger partial charge in [0.1, 0.15) is 5.75 Å². The second-order valence-corrected chi connectivity index (χ2v) is 2.57. The molecule has 0 aromatic carbocycles. The highest BCUT2D eigenvalue weighted by Crippen LogP contribution is 2.31. The first-order chi connectivity index (χ1) is 6.42. The van der Waals surface area contributed by atoms with Gasteiger partial charge in [-0.3, -0.25) is 0 Å². The van der Waals surface area contributed by atoms with E-state index in [1.807, 2.05) is 0 Å². The number of alkyl halides is 3. The summed E-state index contributed by atoms with van der Waals surface area (Å²) >= 11 is 5.37. The van der Waals surface area contributed by atoms with Crippen LogP contribution in [0.4, 0.5) is 13.2 Å². The molecule has 0 saturated heterocycles. The molecule has 0 spiro atoms. The van der Waals surface area contributed by atoms with E-state index >= 15 is 0 Å². The van der Waals surface area contributed by atoms with Crippen LogP contribution >= 0.6 is 11.6 Å². The van der Waals surface area contributed by atoms with Crippen LogP contribution in [0.25, 0.3) is 0 Å². The zero-order valence-corrected chi connectivity index (χ0v) is 7.69. The summed E-state index contributed by atoms with van der Waals surface area (Å²) in [4.78, 5) is 3.45. The second-order valence-electron chi connectivity index (χ2n) is 2.21. The van der Waals surface area contributed by atoms with Gasteiger partial charge in [-0.2, -0.15) is 0 Å². The first kappa shape index (κ1) is 10.9. The fourth-order valence-electron chi connectivity index (χ4n) is 0.718. The molecular formula is C7H5ClF3NO2. The zero-order valence-electron chi connectivity index (χ0n) is 6.93. The predicted molar refractivity (Wildman–Crippen MR) is 42.5 cm³/mol. The molecule has 0 radical (unpaired) electrons. The molecule has 78 valence electrons. The maximum absolute atomic E-state index is 11.8. The van der Waals surface area contributed by atoms with E-state index in [0.717, 1.165) is 6.07 Å². The second kappa shape index (κ2) is 3.91. The van der Waals surface area contributed by atoms with Gasteiger partial charge in [0.05, 0.1) is 13.3 Å². The third-order valence-corrected chi connectivity index (χ3v) is 1.53. The Kier molecular flexibility index (Phi) is 3.05. The summed E-state index contributed by atoms with van der Waals surface area (Å²) < 4.78 is 43.7. The van der Waals surface area contributed by atoms with E-state index in [9.17, 15) is 13.2 Å². The average Bonchev–Trinajstić information content (AvgIpc) is 2.06. The summed E-state index contributed by atoms with van der Waals surface area (Å²) in [5.41, 5.74) is 0. The Labute approximate surface area is 82.4 Å². The largest absolute Gasteiger partial charge is 0.573 e. The summed E-state index contributed by atoms with van der Waals surface area (Å²) in [5, 5.41) is -0.372. The third-order valence-electron chi connectivity index (χ3n) is 1.24. The van der Waals surface area contributed by atoms with E-state index in [-0.39, 0.29) is 10.9 Å². The fraction of sp³-hybridized carbons (Fsp3) is 0.286. The van der Waals surface area contributed by atoms with E-state index < -0.39 is 12.1 Å². The van der Waals surface area contributed by atoms with Crippen LogP contribution in [-0.4, -0.2) is 18.5 Å². The first-order valence-electron chi connectivity index (χ1n) is 3.37. The minimum atomic E-state index is -4.79. The third kappa shape index (κ3) is 2.95. The van der Waals surface area contributed by atoms with Gasteiger partial charge in [0.15, 0.2) is 10.9 Å². The SMILES string of the molecule is COc1cnc(Cl)c(OC(F)(F)F)c1. The molecule has 0 amide bonds. The number of methoxy groups -OCH3 is 1. The van der Waals surface area contributed by atoms with E-state index in [2.05, 4.69) is 14.5 Å². The lowest BCUT2D eigenvalue weighted by Crippen LogP contribution is -2.17. The van der Waals surface area contributed by atoms with Gasteiger partial charge in [-0.25, -0.2) is 4.98 Å². The van der Waals surface area contributed by atoms with Crippen LogP contribution in [0.15, 0.2) is 12.3 Å². The summed E-state index contributed by atoms with van der Waals surface area (Å²) in [6, 6.07) is 1.00. The van der Waals surface area contributed by atoms with Crippen molar-refractivity contribution in [3.8, 4) is 11.5 Å². The van der Waals surface area contributed by atoms with E-state index in [4.69, 9.17) is 11.6 Å². The number of ether oxygens (including phenoxy) is 2. The van der Waals surface area contributed by atoms with Crippen molar-refractivity contribution in [2.45, 2.75) is 6.36 Å². The van der Waals surface area contributed by atoms with Crippen LogP contribution in [0.1, 0.15) is 0 Å². The smallest absolute Gasteiger partial charge is 0.495 e. The summed E-state index contributed by atoms with van der Waals surface area (Å²) in [6.07, 6.45) is -3.61. The normalized spacial score (nSPS) is 11.2. The van der Waals surface area contributed by atoms with Crippen molar-refractivity contribution in [2.24, 2.45) is 0 Å². The quantitative estimate of drug-likeness (QED) is 0.728. The van der Waals surface area contributed by atoms with Crippen LogP contribution in [0, 0.1) is 0 Å². The first-order valence-corrected chi connectivity index (χ1v) is 3.75. The maximum atomic E-state index is 11.8. The molecule has 0 aliphatic rings. The molecule has 0 aliphatic heterocycles. The summed E-state index contributed by atoms with van der Waals surface area (Å²) in [7, 11) is 1.29. The minimum absolute atomic E-state index is 0.133. The highest BCUT2D eigenvalue weighted by molar-refractivity contribution is 6.30. The molecule has 1 heterocycles. The van der Waals surface area contributed by atoms with Gasteiger partial charge in [0, 0.05) is 6.07 Å². The lowest BCUT2D eigenvalue weighted by atomic mass is 10.4. The molecule has 0 saturated carbocycles. The Morgan fingerprint density at radius 3 is 2.57 bits per heavy atom. The van der Waals surface area contributed by atoms with Crippen LogP contribution in [0.5, 0.6) is 11.5 Å². The molecule has 0 fully saturated rings. The van der Waals surface area contributed by atoms with Crippen LogP contribution in [0.3, 0.4) is 0 Å². The lowest BCUT2D eigenvalue weighted by Gasteiger charge is -2.10. The molecule has 0 bridgehead atoms. The van der Waals surface area contributed by atoms with E-state index in [1.165, 1.54) is 13.3 Å². The highest BCUT2D eigenvalue weighted by atomic mass is 35.5. The standard InChI is InChI=1S/C7H5ClF3NO2/c1-13-4-2-5(6(8)12-3-4)14-7(9,10)11/h2-3H,1H3. The van der Waals surface area contributed by atoms with E-state index in [0.29, 0.717) is 0 Å². The minimum Gasteiger partial charge on any atom is -0.495 e. The van der Waals surface area contributed by atoms with Crippen molar-refractivity contribution in [1.82, 2.24) is 4.98 Å². The average molecular weight is 228 g/mol. The van der Waals surface area contributed by atoms with Crippen molar-refractivity contribution < 1.29 is 22.6 Å². The Morgan fingerprint density at radius 1 is 1.43 bits per heavy atom. The Hall–Kier alpha value is -1.17. The number of rotatable bonds is 2. The monoisotopic (exact) mass is 227 g/mol. The molecule has 1 aromatic heterocycles. The fourth-order valence-corrected chi connectivity index (χ4v) is 0.860. The molecular weight excluding hydrogens is 223 g/mol. The van der Waals surface area contributed by atoms with Crippen molar-refractivity contribution in [1.29, 1.82) is 0 Å². The molecule has 7 heteroatoms.